The standard InChI is InChI=1S/C20H29F3O3/c1-5-25-18(24)14-19(3,4)11-9-16-7-8-17(15(2)13-16)26-12-6-10-20(21,22)23/h7-8,13H,5-6,9-12,14H2,1-4H3. The Hall–Kier alpha value is -1.72. The van der Waals surface area contributed by atoms with Crippen LogP contribution in [0.2, 0.25) is 0 Å². The zero-order chi connectivity index (χ0) is 19.8. The summed E-state index contributed by atoms with van der Waals surface area (Å²) in [5.74, 6) is 0.429. The number of hydrogen-bond acceptors (Lipinski definition) is 3. The molecule has 0 N–H and O–H groups in total. The molecule has 1 aromatic rings. The second-order valence-electron chi connectivity index (χ2n) is 7.31. The van der Waals surface area contributed by atoms with Gasteiger partial charge in [-0.15, -0.1) is 0 Å². The number of halogens is 3. The van der Waals surface area contributed by atoms with E-state index in [4.69, 9.17) is 9.47 Å². The Morgan fingerprint density at radius 1 is 1.15 bits per heavy atom. The summed E-state index contributed by atoms with van der Waals surface area (Å²) in [6.07, 6.45) is -3.01. The van der Waals surface area contributed by atoms with Crippen LogP contribution in [0.4, 0.5) is 13.2 Å². The SMILES string of the molecule is CCOC(=O)CC(C)(C)CCc1ccc(OCCCC(F)(F)F)c(C)c1. The lowest BCUT2D eigenvalue weighted by Gasteiger charge is -2.23. The number of benzene rings is 1. The Labute approximate surface area is 153 Å². The molecule has 3 nitrogen and oxygen atoms in total. The van der Waals surface area contributed by atoms with Gasteiger partial charge in [-0.1, -0.05) is 26.0 Å². The van der Waals surface area contributed by atoms with Crippen molar-refractivity contribution in [2.24, 2.45) is 5.41 Å². The number of aryl methyl sites for hydroxylation is 2. The number of hydrogen-bond donors (Lipinski definition) is 0. The number of carbonyl (C=O) groups excluding carboxylic acids is 1. The first-order valence-electron chi connectivity index (χ1n) is 8.97. The second kappa shape index (κ2) is 9.83. The number of esters is 1. The number of ether oxygens (including phenoxy) is 2. The van der Waals surface area contributed by atoms with E-state index in [1.807, 2.05) is 32.9 Å². The minimum atomic E-state index is -4.14. The van der Waals surface area contributed by atoms with Crippen LogP contribution in [0.25, 0.3) is 0 Å². The lowest BCUT2D eigenvalue weighted by atomic mass is 9.83. The van der Waals surface area contributed by atoms with E-state index in [0.717, 1.165) is 24.0 Å². The van der Waals surface area contributed by atoms with Crippen LogP contribution in [-0.2, 0) is 16.0 Å². The van der Waals surface area contributed by atoms with Gasteiger partial charge < -0.3 is 9.47 Å². The van der Waals surface area contributed by atoms with Crippen molar-refractivity contribution in [3.63, 3.8) is 0 Å². The van der Waals surface area contributed by atoms with Gasteiger partial charge in [0, 0.05) is 6.42 Å². The van der Waals surface area contributed by atoms with Gasteiger partial charge in [-0.2, -0.15) is 13.2 Å². The molecular formula is C20H29F3O3. The van der Waals surface area contributed by atoms with E-state index in [0.29, 0.717) is 18.8 Å². The second-order valence-corrected chi connectivity index (χ2v) is 7.31. The molecule has 0 aliphatic carbocycles. The third kappa shape index (κ3) is 9.11. The molecule has 1 rings (SSSR count). The highest BCUT2D eigenvalue weighted by molar-refractivity contribution is 5.70. The summed E-state index contributed by atoms with van der Waals surface area (Å²) >= 11 is 0. The Bertz CT molecular complexity index is 580. The van der Waals surface area contributed by atoms with Gasteiger partial charge >= 0.3 is 12.1 Å². The summed E-state index contributed by atoms with van der Waals surface area (Å²) in [5.41, 5.74) is 1.85. The van der Waals surface area contributed by atoms with Crippen molar-refractivity contribution in [3.05, 3.63) is 29.3 Å². The summed E-state index contributed by atoms with van der Waals surface area (Å²) < 4.78 is 46.9. The van der Waals surface area contributed by atoms with E-state index in [9.17, 15) is 18.0 Å². The Balaban J connectivity index is 2.50. The van der Waals surface area contributed by atoms with Gasteiger partial charge in [-0.3, -0.25) is 4.79 Å². The number of alkyl halides is 3. The molecule has 0 aliphatic heterocycles. The number of rotatable bonds is 10. The van der Waals surface area contributed by atoms with Gasteiger partial charge in [0.1, 0.15) is 5.75 Å². The predicted octanol–water partition coefficient (Wildman–Crippen LogP) is 5.63. The average molecular weight is 374 g/mol. The van der Waals surface area contributed by atoms with Crippen LogP contribution in [0.5, 0.6) is 5.75 Å². The van der Waals surface area contributed by atoms with Gasteiger partial charge in [0.15, 0.2) is 0 Å². The minimum absolute atomic E-state index is 0.0479. The molecule has 0 unspecified atom stereocenters. The molecule has 0 bridgehead atoms. The molecule has 26 heavy (non-hydrogen) atoms. The zero-order valence-electron chi connectivity index (χ0n) is 16.0. The van der Waals surface area contributed by atoms with Crippen LogP contribution in [-0.4, -0.2) is 25.4 Å². The minimum Gasteiger partial charge on any atom is -0.493 e. The molecule has 0 heterocycles. The molecule has 0 atom stereocenters. The van der Waals surface area contributed by atoms with Gasteiger partial charge in [0.25, 0.3) is 0 Å². The van der Waals surface area contributed by atoms with Crippen LogP contribution in [0, 0.1) is 12.3 Å². The zero-order valence-corrected chi connectivity index (χ0v) is 16.0. The average Bonchev–Trinajstić information content (AvgIpc) is 2.50. The maximum absolute atomic E-state index is 12.1. The van der Waals surface area contributed by atoms with Gasteiger partial charge in [0.05, 0.1) is 19.6 Å². The molecule has 148 valence electrons. The van der Waals surface area contributed by atoms with Crippen LogP contribution >= 0.6 is 0 Å². The fourth-order valence-corrected chi connectivity index (χ4v) is 2.66. The molecule has 0 saturated carbocycles. The van der Waals surface area contributed by atoms with Crippen molar-refractivity contribution < 1.29 is 27.4 Å². The molecule has 1 aromatic carbocycles. The summed E-state index contributed by atoms with van der Waals surface area (Å²) in [4.78, 5) is 11.6. The Morgan fingerprint density at radius 3 is 2.42 bits per heavy atom. The number of carbonyl (C=O) groups is 1. The van der Waals surface area contributed by atoms with Crippen molar-refractivity contribution in [1.82, 2.24) is 0 Å². The van der Waals surface area contributed by atoms with Crippen LogP contribution < -0.4 is 4.74 Å². The van der Waals surface area contributed by atoms with Crippen molar-refractivity contribution in [2.75, 3.05) is 13.2 Å². The molecule has 0 aliphatic rings. The topological polar surface area (TPSA) is 35.5 Å². The van der Waals surface area contributed by atoms with E-state index >= 15 is 0 Å². The normalized spacial score (nSPS) is 12.1. The third-order valence-electron chi connectivity index (χ3n) is 4.12. The largest absolute Gasteiger partial charge is 0.493 e. The maximum Gasteiger partial charge on any atom is 0.389 e. The van der Waals surface area contributed by atoms with Gasteiger partial charge in [-0.05, 0) is 55.7 Å². The summed E-state index contributed by atoms with van der Waals surface area (Å²) in [6.45, 7) is 8.18. The molecule has 0 spiro atoms. The predicted molar refractivity (Wildman–Crippen MR) is 95.3 cm³/mol. The summed E-state index contributed by atoms with van der Waals surface area (Å²) in [5, 5.41) is 0. The van der Waals surface area contributed by atoms with Crippen molar-refractivity contribution in [2.45, 2.75) is 66.0 Å². The fraction of sp³-hybridized carbons (Fsp3) is 0.650. The van der Waals surface area contributed by atoms with E-state index in [1.165, 1.54) is 0 Å². The van der Waals surface area contributed by atoms with E-state index in [2.05, 4.69) is 0 Å². The molecule has 0 fully saturated rings. The molecular weight excluding hydrogens is 345 g/mol. The Kier molecular flexibility index (Phi) is 8.44. The quantitative estimate of drug-likeness (QED) is 0.393. The van der Waals surface area contributed by atoms with Crippen LogP contribution in [0.15, 0.2) is 18.2 Å². The van der Waals surface area contributed by atoms with Crippen LogP contribution in [0.3, 0.4) is 0 Å². The van der Waals surface area contributed by atoms with Crippen molar-refractivity contribution >= 4 is 5.97 Å². The molecule has 0 radical (unpaired) electrons. The van der Waals surface area contributed by atoms with Crippen LogP contribution in [0.1, 0.15) is 57.6 Å². The maximum atomic E-state index is 12.1. The lowest BCUT2D eigenvalue weighted by molar-refractivity contribution is -0.145. The first kappa shape index (κ1) is 22.3. The van der Waals surface area contributed by atoms with E-state index < -0.39 is 12.6 Å². The smallest absolute Gasteiger partial charge is 0.389 e. The molecule has 6 heteroatoms. The third-order valence-corrected chi connectivity index (χ3v) is 4.12. The lowest BCUT2D eigenvalue weighted by Crippen LogP contribution is -2.19. The van der Waals surface area contributed by atoms with Gasteiger partial charge in [-0.25, -0.2) is 0 Å². The fourth-order valence-electron chi connectivity index (χ4n) is 2.66. The van der Waals surface area contributed by atoms with E-state index in [1.54, 1.807) is 13.0 Å². The van der Waals surface area contributed by atoms with Gasteiger partial charge in [0.2, 0.25) is 0 Å². The van der Waals surface area contributed by atoms with Crippen molar-refractivity contribution in [3.8, 4) is 5.75 Å². The Morgan fingerprint density at radius 2 is 1.85 bits per heavy atom. The highest BCUT2D eigenvalue weighted by atomic mass is 19.4. The van der Waals surface area contributed by atoms with E-state index in [-0.39, 0.29) is 24.4 Å². The summed E-state index contributed by atoms with van der Waals surface area (Å²) in [6, 6.07) is 5.71. The first-order valence-corrected chi connectivity index (χ1v) is 8.97. The molecule has 0 saturated heterocycles. The molecule has 0 aromatic heterocycles. The highest BCUT2D eigenvalue weighted by Crippen LogP contribution is 2.29. The monoisotopic (exact) mass is 374 g/mol. The summed E-state index contributed by atoms with van der Waals surface area (Å²) in [7, 11) is 0. The van der Waals surface area contributed by atoms with Crippen molar-refractivity contribution in [1.29, 1.82) is 0 Å². The molecule has 0 amide bonds. The first-order chi connectivity index (χ1) is 12.0. The highest BCUT2D eigenvalue weighted by Gasteiger charge is 2.26.